The van der Waals surface area contributed by atoms with Gasteiger partial charge in [-0.2, -0.15) is 5.10 Å². The lowest BCUT2D eigenvalue weighted by atomic mass is 10.0. The van der Waals surface area contributed by atoms with Crippen molar-refractivity contribution in [3.8, 4) is 0 Å². The first-order chi connectivity index (χ1) is 16.7. The van der Waals surface area contributed by atoms with Gasteiger partial charge in [0.15, 0.2) is 0 Å². The maximum absolute atomic E-state index is 12.7. The molecule has 1 fully saturated rings. The zero-order valence-corrected chi connectivity index (χ0v) is 19.6. The van der Waals surface area contributed by atoms with E-state index in [2.05, 4.69) is 40.7 Å². The number of rotatable bonds is 7. The number of ether oxygens (including phenoxy) is 1. The smallest absolute Gasteiger partial charge is 0.251 e. The Bertz CT molecular complexity index is 1270. The molecular weight excluding hydrogens is 448 g/mol. The highest BCUT2D eigenvalue weighted by Crippen LogP contribution is 2.25. The molecule has 0 spiro atoms. The monoisotopic (exact) mass is 474 g/mol. The molecule has 4 aromatic rings. The lowest BCUT2D eigenvalue weighted by Crippen LogP contribution is -2.40. The Morgan fingerprint density at radius 3 is 2.65 bits per heavy atom. The van der Waals surface area contributed by atoms with Gasteiger partial charge in [-0.3, -0.25) is 14.4 Å². The van der Waals surface area contributed by atoms with Gasteiger partial charge in [-0.1, -0.05) is 60.1 Å². The number of halogens is 1. The molecule has 6 nitrogen and oxygen atoms in total. The van der Waals surface area contributed by atoms with Crippen LogP contribution in [0.15, 0.2) is 79.0 Å². The van der Waals surface area contributed by atoms with Crippen molar-refractivity contribution in [1.29, 1.82) is 0 Å². The highest BCUT2D eigenvalue weighted by Gasteiger charge is 2.23. The third-order valence-corrected chi connectivity index (χ3v) is 6.42. The summed E-state index contributed by atoms with van der Waals surface area (Å²) in [4.78, 5) is 15.2. The van der Waals surface area contributed by atoms with Gasteiger partial charge in [0.1, 0.15) is 0 Å². The van der Waals surface area contributed by atoms with Crippen LogP contribution in [0.5, 0.6) is 0 Å². The molecule has 0 radical (unpaired) electrons. The number of morpholine rings is 1. The van der Waals surface area contributed by atoms with Gasteiger partial charge in [-0.15, -0.1) is 0 Å². The molecule has 5 rings (SSSR count). The molecule has 1 unspecified atom stereocenters. The van der Waals surface area contributed by atoms with Crippen LogP contribution in [0, 0.1) is 0 Å². The van der Waals surface area contributed by atoms with Crippen LogP contribution in [-0.4, -0.2) is 46.9 Å². The standard InChI is InChI=1S/C27H27ClN4O2/c28-24-8-4-5-20(15-24)17-29-27(33)22-9-10-23-18-32(30-25(23)16-22)19-26(21-6-2-1-3-7-21)31-11-13-34-14-12-31/h1-10,15-16,18,26H,11-14,17,19H2,(H,29,33). The second kappa shape index (κ2) is 10.4. The minimum atomic E-state index is -0.132. The number of nitrogens with zero attached hydrogens (tertiary/aromatic N) is 3. The molecule has 1 amide bonds. The lowest BCUT2D eigenvalue weighted by molar-refractivity contribution is 0.0116. The normalized spacial score (nSPS) is 15.3. The average molecular weight is 475 g/mol. The Hall–Kier alpha value is -3.19. The van der Waals surface area contributed by atoms with E-state index in [1.54, 1.807) is 0 Å². The molecule has 0 saturated carbocycles. The maximum Gasteiger partial charge on any atom is 0.251 e. The van der Waals surface area contributed by atoms with E-state index in [-0.39, 0.29) is 11.9 Å². The van der Waals surface area contributed by atoms with Gasteiger partial charge in [0, 0.05) is 41.8 Å². The largest absolute Gasteiger partial charge is 0.379 e. The van der Waals surface area contributed by atoms with Gasteiger partial charge in [-0.25, -0.2) is 0 Å². The van der Waals surface area contributed by atoms with Crippen LogP contribution in [-0.2, 0) is 17.8 Å². The van der Waals surface area contributed by atoms with Crippen molar-refractivity contribution in [2.75, 3.05) is 26.3 Å². The minimum Gasteiger partial charge on any atom is -0.379 e. The first kappa shape index (κ1) is 22.6. The van der Waals surface area contributed by atoms with Gasteiger partial charge in [0.25, 0.3) is 5.91 Å². The molecular formula is C27H27ClN4O2. The molecule has 1 aliphatic rings. The molecule has 0 aliphatic carbocycles. The molecule has 34 heavy (non-hydrogen) atoms. The van der Waals surface area contributed by atoms with Crippen molar-refractivity contribution >= 4 is 28.4 Å². The summed E-state index contributed by atoms with van der Waals surface area (Å²) in [5.41, 5.74) is 3.63. The second-order valence-corrected chi connectivity index (χ2v) is 8.95. The van der Waals surface area contributed by atoms with E-state index >= 15 is 0 Å². The van der Waals surface area contributed by atoms with Crippen LogP contribution in [0.25, 0.3) is 10.9 Å². The quantitative estimate of drug-likeness (QED) is 0.422. The van der Waals surface area contributed by atoms with Crippen LogP contribution in [0.4, 0.5) is 0 Å². The molecule has 174 valence electrons. The molecule has 2 heterocycles. The summed E-state index contributed by atoms with van der Waals surface area (Å²) < 4.78 is 7.56. The molecule has 3 aromatic carbocycles. The van der Waals surface area contributed by atoms with Crippen LogP contribution < -0.4 is 5.32 Å². The van der Waals surface area contributed by atoms with E-state index in [0.29, 0.717) is 17.1 Å². The Morgan fingerprint density at radius 1 is 1.03 bits per heavy atom. The summed E-state index contributed by atoms with van der Waals surface area (Å²) in [5, 5.41) is 9.44. The van der Waals surface area contributed by atoms with E-state index in [0.717, 1.165) is 49.3 Å². The first-order valence-corrected chi connectivity index (χ1v) is 11.9. The fourth-order valence-corrected chi connectivity index (χ4v) is 4.62. The number of amides is 1. The van der Waals surface area contributed by atoms with Crippen LogP contribution in [0.2, 0.25) is 5.02 Å². The van der Waals surface area contributed by atoms with E-state index in [9.17, 15) is 4.79 Å². The number of carbonyl (C=O) groups excluding carboxylic acids is 1. The molecule has 1 aromatic heterocycles. The number of benzene rings is 3. The molecule has 0 bridgehead atoms. The van der Waals surface area contributed by atoms with Gasteiger partial charge in [0.05, 0.1) is 31.3 Å². The summed E-state index contributed by atoms with van der Waals surface area (Å²) in [6.07, 6.45) is 2.05. The predicted octanol–water partition coefficient (Wildman–Crippen LogP) is 4.69. The number of carbonyl (C=O) groups is 1. The summed E-state index contributed by atoms with van der Waals surface area (Å²) >= 11 is 6.04. The van der Waals surface area contributed by atoms with Crippen molar-refractivity contribution in [2.24, 2.45) is 0 Å². The van der Waals surface area contributed by atoms with Crippen molar-refractivity contribution in [3.63, 3.8) is 0 Å². The number of nitrogens with one attached hydrogen (secondary N) is 1. The Labute approximate surface area is 204 Å². The van der Waals surface area contributed by atoms with Crippen LogP contribution in [0.1, 0.15) is 27.5 Å². The minimum absolute atomic E-state index is 0.132. The zero-order chi connectivity index (χ0) is 23.3. The first-order valence-electron chi connectivity index (χ1n) is 11.5. The highest BCUT2D eigenvalue weighted by molar-refractivity contribution is 6.30. The highest BCUT2D eigenvalue weighted by atomic mass is 35.5. The predicted molar refractivity (Wildman–Crippen MR) is 134 cm³/mol. The van der Waals surface area contributed by atoms with Crippen molar-refractivity contribution in [3.05, 3.63) is 101 Å². The van der Waals surface area contributed by atoms with E-state index < -0.39 is 0 Å². The molecule has 1 aliphatic heterocycles. The van der Waals surface area contributed by atoms with Gasteiger partial charge in [-0.05, 0) is 35.4 Å². The zero-order valence-electron chi connectivity index (χ0n) is 18.9. The van der Waals surface area contributed by atoms with E-state index in [4.69, 9.17) is 21.4 Å². The summed E-state index contributed by atoms with van der Waals surface area (Å²) in [7, 11) is 0. The molecule has 1 N–H and O–H groups in total. The van der Waals surface area contributed by atoms with Crippen molar-refractivity contribution in [1.82, 2.24) is 20.0 Å². The average Bonchev–Trinajstić information content (AvgIpc) is 3.29. The Morgan fingerprint density at radius 2 is 1.85 bits per heavy atom. The number of hydrogen-bond donors (Lipinski definition) is 1. The Balaban J connectivity index is 1.32. The topological polar surface area (TPSA) is 59.4 Å². The van der Waals surface area contributed by atoms with Gasteiger partial charge in [0.2, 0.25) is 0 Å². The number of fused-ring (bicyclic) bond motifs is 1. The number of hydrogen-bond acceptors (Lipinski definition) is 4. The third kappa shape index (κ3) is 5.30. The molecule has 1 saturated heterocycles. The van der Waals surface area contributed by atoms with Gasteiger partial charge >= 0.3 is 0 Å². The summed E-state index contributed by atoms with van der Waals surface area (Å²) in [6.45, 7) is 4.45. The Kier molecular flexibility index (Phi) is 6.90. The van der Waals surface area contributed by atoms with E-state index in [1.807, 2.05) is 53.2 Å². The number of aromatic nitrogens is 2. The molecule has 1 atom stereocenters. The van der Waals surface area contributed by atoms with Gasteiger partial charge < -0.3 is 10.1 Å². The van der Waals surface area contributed by atoms with E-state index in [1.165, 1.54) is 5.56 Å². The van der Waals surface area contributed by atoms with Crippen molar-refractivity contribution < 1.29 is 9.53 Å². The van der Waals surface area contributed by atoms with Crippen LogP contribution in [0.3, 0.4) is 0 Å². The maximum atomic E-state index is 12.7. The second-order valence-electron chi connectivity index (χ2n) is 8.51. The van der Waals surface area contributed by atoms with Crippen molar-refractivity contribution in [2.45, 2.75) is 19.1 Å². The SMILES string of the molecule is O=C(NCc1cccc(Cl)c1)c1ccc2cn(CC(c3ccccc3)N3CCOCC3)nc2c1. The third-order valence-electron chi connectivity index (χ3n) is 6.19. The lowest BCUT2D eigenvalue weighted by Gasteiger charge is -2.34. The molecule has 7 heteroatoms. The summed E-state index contributed by atoms with van der Waals surface area (Å²) in [6, 6.07) is 23.9. The fourth-order valence-electron chi connectivity index (χ4n) is 4.41. The van der Waals surface area contributed by atoms with Crippen LogP contribution >= 0.6 is 11.6 Å². The fraction of sp³-hybridized carbons (Fsp3) is 0.259. The summed E-state index contributed by atoms with van der Waals surface area (Å²) in [5.74, 6) is -0.132.